The van der Waals surface area contributed by atoms with E-state index in [0.717, 1.165) is 25.4 Å². The Kier molecular flexibility index (Phi) is 3.79. The van der Waals surface area contributed by atoms with Gasteiger partial charge in [0.25, 0.3) is 0 Å². The van der Waals surface area contributed by atoms with E-state index < -0.39 is 0 Å². The number of ether oxygens (including phenoxy) is 1. The average Bonchev–Trinajstić information content (AvgIpc) is 2.38. The highest BCUT2D eigenvalue weighted by molar-refractivity contribution is 5.36. The molecule has 0 spiro atoms. The van der Waals surface area contributed by atoms with Crippen molar-refractivity contribution >= 4 is 0 Å². The molecule has 0 amide bonds. The summed E-state index contributed by atoms with van der Waals surface area (Å²) in [6, 6.07) is 9.46. The van der Waals surface area contributed by atoms with Crippen molar-refractivity contribution in [1.29, 1.82) is 5.26 Å². The van der Waals surface area contributed by atoms with Crippen LogP contribution in [0.2, 0.25) is 0 Å². The summed E-state index contributed by atoms with van der Waals surface area (Å²) in [6.07, 6.45) is 2.36. The average molecular weight is 216 g/mol. The first-order chi connectivity index (χ1) is 7.88. The molecule has 3 nitrogen and oxygen atoms in total. The summed E-state index contributed by atoms with van der Waals surface area (Å²) in [5.74, 6) is 1.45. The SMILES string of the molecule is N#Cc1cccc(OCC2CCNCC2)c1. The standard InChI is InChI=1S/C13H16N2O/c14-9-12-2-1-3-13(8-12)16-10-11-4-6-15-7-5-11/h1-3,8,11,15H,4-7,10H2. The fourth-order valence-electron chi connectivity index (χ4n) is 1.92. The monoisotopic (exact) mass is 216 g/mol. The van der Waals surface area contributed by atoms with Crippen LogP contribution in [0, 0.1) is 17.2 Å². The van der Waals surface area contributed by atoms with Crippen LogP contribution in [0.5, 0.6) is 5.75 Å². The molecule has 84 valence electrons. The van der Waals surface area contributed by atoms with Crippen LogP contribution >= 0.6 is 0 Å². The maximum absolute atomic E-state index is 8.77. The third-order valence-corrected chi connectivity index (χ3v) is 2.91. The van der Waals surface area contributed by atoms with Crippen molar-refractivity contribution in [2.24, 2.45) is 5.92 Å². The van der Waals surface area contributed by atoms with Crippen molar-refractivity contribution < 1.29 is 4.74 Å². The zero-order chi connectivity index (χ0) is 11.2. The molecular formula is C13H16N2O. The van der Waals surface area contributed by atoms with Crippen molar-refractivity contribution in [3.05, 3.63) is 29.8 Å². The highest BCUT2D eigenvalue weighted by Crippen LogP contribution is 2.17. The normalized spacial score (nSPS) is 16.7. The Bertz CT molecular complexity index is 378. The van der Waals surface area contributed by atoms with Gasteiger partial charge in [0.05, 0.1) is 18.2 Å². The molecule has 0 aliphatic carbocycles. The molecule has 1 aliphatic rings. The zero-order valence-corrected chi connectivity index (χ0v) is 9.28. The summed E-state index contributed by atoms with van der Waals surface area (Å²) in [7, 11) is 0. The maximum atomic E-state index is 8.77. The van der Waals surface area contributed by atoms with E-state index in [9.17, 15) is 0 Å². The van der Waals surface area contributed by atoms with Gasteiger partial charge in [0, 0.05) is 0 Å². The molecule has 1 aliphatic heterocycles. The van der Waals surface area contributed by atoms with Crippen LogP contribution in [0.1, 0.15) is 18.4 Å². The van der Waals surface area contributed by atoms with Crippen LogP contribution in [0.3, 0.4) is 0 Å². The van der Waals surface area contributed by atoms with Gasteiger partial charge in [0.1, 0.15) is 5.75 Å². The van der Waals surface area contributed by atoms with E-state index in [4.69, 9.17) is 10.00 Å². The molecular weight excluding hydrogens is 200 g/mol. The second kappa shape index (κ2) is 5.53. The molecule has 0 aromatic heterocycles. The minimum absolute atomic E-state index is 0.645. The molecule has 16 heavy (non-hydrogen) atoms. The lowest BCUT2D eigenvalue weighted by atomic mass is 9.99. The van der Waals surface area contributed by atoms with E-state index in [1.54, 1.807) is 12.1 Å². The molecule has 1 fully saturated rings. The molecule has 3 heteroatoms. The molecule has 1 heterocycles. The summed E-state index contributed by atoms with van der Waals surface area (Å²) in [5, 5.41) is 12.1. The number of hydrogen-bond donors (Lipinski definition) is 1. The number of rotatable bonds is 3. The van der Waals surface area contributed by atoms with Crippen molar-refractivity contribution in [2.45, 2.75) is 12.8 Å². The number of piperidine rings is 1. The van der Waals surface area contributed by atoms with Crippen LogP contribution in [-0.2, 0) is 0 Å². The van der Waals surface area contributed by atoms with E-state index in [1.807, 2.05) is 12.1 Å². The summed E-state index contributed by atoms with van der Waals surface area (Å²) < 4.78 is 5.71. The number of benzene rings is 1. The van der Waals surface area contributed by atoms with E-state index in [0.29, 0.717) is 11.5 Å². The smallest absolute Gasteiger partial charge is 0.120 e. The molecule has 1 aromatic rings. The first-order valence-electron chi connectivity index (χ1n) is 5.72. The van der Waals surface area contributed by atoms with Gasteiger partial charge in [-0.25, -0.2) is 0 Å². The molecule has 1 N–H and O–H groups in total. The van der Waals surface area contributed by atoms with Crippen LogP contribution in [-0.4, -0.2) is 19.7 Å². The molecule has 0 unspecified atom stereocenters. The van der Waals surface area contributed by atoms with E-state index in [-0.39, 0.29) is 0 Å². The first-order valence-corrected chi connectivity index (χ1v) is 5.72. The number of hydrogen-bond acceptors (Lipinski definition) is 3. The summed E-state index contributed by atoms with van der Waals surface area (Å²) in [4.78, 5) is 0. The Hall–Kier alpha value is -1.53. The minimum atomic E-state index is 0.645. The Morgan fingerprint density at radius 3 is 2.94 bits per heavy atom. The number of nitriles is 1. The predicted molar refractivity (Wildman–Crippen MR) is 62.2 cm³/mol. The Morgan fingerprint density at radius 1 is 1.38 bits per heavy atom. The van der Waals surface area contributed by atoms with Gasteiger partial charge >= 0.3 is 0 Å². The van der Waals surface area contributed by atoms with Crippen LogP contribution in [0.4, 0.5) is 0 Å². The van der Waals surface area contributed by atoms with Gasteiger partial charge in [-0.1, -0.05) is 6.07 Å². The fourth-order valence-corrected chi connectivity index (χ4v) is 1.92. The van der Waals surface area contributed by atoms with Crippen molar-refractivity contribution in [2.75, 3.05) is 19.7 Å². The van der Waals surface area contributed by atoms with E-state index in [2.05, 4.69) is 11.4 Å². The topological polar surface area (TPSA) is 45.0 Å². The van der Waals surface area contributed by atoms with Gasteiger partial charge < -0.3 is 10.1 Å². The van der Waals surface area contributed by atoms with Gasteiger partial charge in [0.15, 0.2) is 0 Å². The highest BCUT2D eigenvalue weighted by atomic mass is 16.5. The maximum Gasteiger partial charge on any atom is 0.120 e. The molecule has 2 rings (SSSR count). The quantitative estimate of drug-likeness (QED) is 0.839. The largest absolute Gasteiger partial charge is 0.493 e. The predicted octanol–water partition coefficient (Wildman–Crippen LogP) is 1.94. The lowest BCUT2D eigenvalue weighted by Gasteiger charge is -2.22. The van der Waals surface area contributed by atoms with E-state index in [1.165, 1.54) is 12.8 Å². The van der Waals surface area contributed by atoms with Gasteiger partial charge in [-0.3, -0.25) is 0 Å². The molecule has 0 bridgehead atoms. The molecule has 1 saturated heterocycles. The fraction of sp³-hybridized carbons (Fsp3) is 0.462. The third-order valence-electron chi connectivity index (χ3n) is 2.91. The number of nitrogens with zero attached hydrogens (tertiary/aromatic N) is 1. The Labute approximate surface area is 96.0 Å². The van der Waals surface area contributed by atoms with Crippen LogP contribution in [0.25, 0.3) is 0 Å². The highest BCUT2D eigenvalue weighted by Gasteiger charge is 2.13. The summed E-state index contributed by atoms with van der Waals surface area (Å²) in [6.45, 7) is 2.94. The second-order valence-electron chi connectivity index (χ2n) is 4.14. The van der Waals surface area contributed by atoms with Crippen LogP contribution < -0.4 is 10.1 Å². The van der Waals surface area contributed by atoms with Gasteiger partial charge in [-0.15, -0.1) is 0 Å². The lowest BCUT2D eigenvalue weighted by molar-refractivity contribution is 0.215. The molecule has 1 aromatic carbocycles. The molecule has 0 saturated carbocycles. The number of nitrogens with one attached hydrogen (secondary N) is 1. The zero-order valence-electron chi connectivity index (χ0n) is 9.28. The minimum Gasteiger partial charge on any atom is -0.493 e. The van der Waals surface area contributed by atoms with Crippen LogP contribution in [0.15, 0.2) is 24.3 Å². The second-order valence-corrected chi connectivity index (χ2v) is 4.14. The summed E-state index contributed by atoms with van der Waals surface area (Å²) >= 11 is 0. The van der Waals surface area contributed by atoms with Crippen molar-refractivity contribution in [3.8, 4) is 11.8 Å². The van der Waals surface area contributed by atoms with Crippen molar-refractivity contribution in [1.82, 2.24) is 5.32 Å². The van der Waals surface area contributed by atoms with Crippen molar-refractivity contribution in [3.63, 3.8) is 0 Å². The summed E-state index contributed by atoms with van der Waals surface area (Å²) in [5.41, 5.74) is 0.655. The van der Waals surface area contributed by atoms with E-state index >= 15 is 0 Å². The van der Waals surface area contributed by atoms with Gasteiger partial charge in [0.2, 0.25) is 0 Å². The van der Waals surface area contributed by atoms with Gasteiger partial charge in [-0.05, 0) is 50.0 Å². The first kappa shape index (κ1) is 11.0. The Balaban J connectivity index is 1.86. The van der Waals surface area contributed by atoms with Gasteiger partial charge in [-0.2, -0.15) is 5.26 Å². The molecule has 0 radical (unpaired) electrons. The molecule has 0 atom stereocenters. The Morgan fingerprint density at radius 2 is 2.19 bits per heavy atom. The lowest BCUT2D eigenvalue weighted by Crippen LogP contribution is -2.30. The third kappa shape index (κ3) is 2.98.